The lowest BCUT2D eigenvalue weighted by Gasteiger charge is -2.11. The zero-order valence-corrected chi connectivity index (χ0v) is 9.23. The molecule has 0 aliphatic carbocycles. The molecule has 0 saturated carbocycles. The Morgan fingerprint density at radius 2 is 2.44 bits per heavy atom. The molecule has 0 saturated heterocycles. The summed E-state index contributed by atoms with van der Waals surface area (Å²) in [5, 5.41) is 13.4. The van der Waals surface area contributed by atoms with Crippen LogP contribution in [0.2, 0.25) is 5.15 Å². The maximum Gasteiger partial charge on any atom is 0.348 e. The molecule has 1 N–H and O–H groups in total. The number of terminal acetylenes is 1. The summed E-state index contributed by atoms with van der Waals surface area (Å²) < 4.78 is 0. The molecule has 16 heavy (non-hydrogen) atoms. The van der Waals surface area contributed by atoms with Crippen molar-refractivity contribution in [2.75, 3.05) is 5.32 Å². The van der Waals surface area contributed by atoms with Crippen molar-refractivity contribution < 1.29 is 4.92 Å². The number of nitrogens with one attached hydrogen (secondary N) is 1. The summed E-state index contributed by atoms with van der Waals surface area (Å²) in [6.07, 6.45) is 6.71. The topological polar surface area (TPSA) is 81.0 Å². The number of nitro groups is 1. The Kier molecular flexibility index (Phi) is 4.03. The van der Waals surface area contributed by atoms with Gasteiger partial charge < -0.3 is 5.32 Å². The van der Waals surface area contributed by atoms with E-state index >= 15 is 0 Å². The molecule has 1 rings (SSSR count). The van der Waals surface area contributed by atoms with Crippen molar-refractivity contribution in [3.63, 3.8) is 0 Å². The van der Waals surface area contributed by atoms with Gasteiger partial charge in [0.05, 0.1) is 4.92 Å². The van der Waals surface area contributed by atoms with E-state index < -0.39 is 4.92 Å². The summed E-state index contributed by atoms with van der Waals surface area (Å²) in [6, 6.07) is -0.130. The maximum atomic E-state index is 10.7. The fourth-order valence-corrected chi connectivity index (χ4v) is 1.29. The van der Waals surface area contributed by atoms with Crippen molar-refractivity contribution in [1.29, 1.82) is 0 Å². The average Bonchev–Trinajstić information content (AvgIpc) is 2.17. The predicted octanol–water partition coefficient (Wildman–Crippen LogP) is 1.86. The molecule has 84 valence electrons. The van der Waals surface area contributed by atoms with Crippen LogP contribution in [0.3, 0.4) is 0 Å². The van der Waals surface area contributed by atoms with E-state index in [1.807, 2.05) is 0 Å². The van der Waals surface area contributed by atoms with Crippen LogP contribution in [-0.4, -0.2) is 20.9 Å². The molecule has 6 nitrogen and oxygen atoms in total. The molecule has 1 heterocycles. The van der Waals surface area contributed by atoms with Crippen molar-refractivity contribution in [2.24, 2.45) is 0 Å². The Bertz CT molecular complexity index is 444. The highest BCUT2D eigenvalue weighted by atomic mass is 35.5. The van der Waals surface area contributed by atoms with Gasteiger partial charge in [-0.2, -0.15) is 0 Å². The molecule has 1 aromatic heterocycles. The molecule has 0 bridgehead atoms. The van der Waals surface area contributed by atoms with Crippen LogP contribution in [0.15, 0.2) is 6.33 Å². The van der Waals surface area contributed by atoms with Crippen molar-refractivity contribution in [1.82, 2.24) is 9.97 Å². The number of nitrogens with zero attached hydrogens (tertiary/aromatic N) is 3. The summed E-state index contributed by atoms with van der Waals surface area (Å²) in [5.41, 5.74) is -0.340. The van der Waals surface area contributed by atoms with E-state index in [9.17, 15) is 10.1 Å². The van der Waals surface area contributed by atoms with Crippen LogP contribution in [0.4, 0.5) is 11.5 Å². The van der Waals surface area contributed by atoms with Gasteiger partial charge in [-0.1, -0.05) is 11.6 Å². The van der Waals surface area contributed by atoms with Crippen LogP contribution >= 0.6 is 11.6 Å². The third kappa shape index (κ3) is 2.81. The summed E-state index contributed by atoms with van der Waals surface area (Å²) in [6.45, 7) is 1.79. The minimum absolute atomic E-state index is 0.0766. The van der Waals surface area contributed by atoms with E-state index in [-0.39, 0.29) is 22.7 Å². The largest absolute Gasteiger partial charge is 0.361 e. The Hall–Kier alpha value is -1.87. The number of halogens is 1. The monoisotopic (exact) mass is 240 g/mol. The van der Waals surface area contributed by atoms with Gasteiger partial charge in [0, 0.05) is 12.5 Å². The van der Waals surface area contributed by atoms with E-state index in [4.69, 9.17) is 18.0 Å². The lowest BCUT2D eigenvalue weighted by Crippen LogP contribution is -2.16. The number of aromatic nitrogens is 2. The molecule has 0 fully saturated rings. The van der Waals surface area contributed by atoms with E-state index in [2.05, 4.69) is 21.2 Å². The van der Waals surface area contributed by atoms with E-state index in [1.54, 1.807) is 6.92 Å². The molecule has 1 aromatic rings. The van der Waals surface area contributed by atoms with Crippen molar-refractivity contribution >= 4 is 23.1 Å². The van der Waals surface area contributed by atoms with E-state index in [0.717, 1.165) is 6.33 Å². The highest BCUT2D eigenvalue weighted by molar-refractivity contribution is 6.31. The molecular formula is C9H9ClN4O2. The smallest absolute Gasteiger partial charge is 0.348 e. The van der Waals surface area contributed by atoms with Crippen LogP contribution in [0.5, 0.6) is 0 Å². The molecule has 0 aromatic carbocycles. The molecule has 0 aliphatic heterocycles. The molecular weight excluding hydrogens is 232 g/mol. The molecule has 0 radical (unpaired) electrons. The second-order valence-corrected chi connectivity index (χ2v) is 3.43. The van der Waals surface area contributed by atoms with Crippen LogP contribution in [-0.2, 0) is 0 Å². The van der Waals surface area contributed by atoms with Crippen LogP contribution in [0.1, 0.15) is 13.3 Å². The first-order valence-electron chi connectivity index (χ1n) is 4.41. The maximum absolute atomic E-state index is 10.7. The Morgan fingerprint density at radius 1 is 1.75 bits per heavy atom. The van der Waals surface area contributed by atoms with Crippen molar-refractivity contribution in [2.45, 2.75) is 19.4 Å². The van der Waals surface area contributed by atoms with Gasteiger partial charge in [0.25, 0.3) is 0 Å². The van der Waals surface area contributed by atoms with Crippen molar-refractivity contribution in [3.8, 4) is 12.3 Å². The third-order valence-electron chi connectivity index (χ3n) is 1.77. The average molecular weight is 241 g/mol. The molecule has 1 atom stereocenters. The van der Waals surface area contributed by atoms with Gasteiger partial charge >= 0.3 is 5.69 Å². The first kappa shape index (κ1) is 12.2. The van der Waals surface area contributed by atoms with Crippen LogP contribution in [0.25, 0.3) is 0 Å². The zero-order chi connectivity index (χ0) is 12.1. The highest BCUT2D eigenvalue weighted by Crippen LogP contribution is 2.28. The van der Waals surface area contributed by atoms with Gasteiger partial charge in [-0.05, 0) is 6.92 Å². The second-order valence-electron chi connectivity index (χ2n) is 3.07. The molecule has 1 unspecified atom stereocenters. The summed E-state index contributed by atoms with van der Waals surface area (Å²) in [4.78, 5) is 17.4. The third-order valence-corrected chi connectivity index (χ3v) is 2.04. The zero-order valence-electron chi connectivity index (χ0n) is 8.48. The molecule has 7 heteroatoms. The van der Waals surface area contributed by atoms with Gasteiger partial charge in [0.15, 0.2) is 0 Å². The first-order chi connectivity index (χ1) is 7.56. The summed E-state index contributed by atoms with van der Waals surface area (Å²) in [7, 11) is 0. The molecule has 0 amide bonds. The van der Waals surface area contributed by atoms with Gasteiger partial charge in [-0.25, -0.2) is 9.97 Å². The number of rotatable bonds is 4. The Balaban J connectivity index is 3.00. The normalized spacial score (nSPS) is 11.6. The first-order valence-corrected chi connectivity index (χ1v) is 4.79. The standard InChI is InChI=1S/C9H9ClN4O2/c1-3-4-6(2)13-9-7(14(15)16)8(10)11-5-12-9/h1,5-6H,4H2,2H3,(H,11,12,13). The minimum atomic E-state index is -0.632. The van der Waals surface area contributed by atoms with Gasteiger partial charge in [0.1, 0.15) is 6.33 Å². The fourth-order valence-electron chi connectivity index (χ4n) is 1.09. The summed E-state index contributed by atoms with van der Waals surface area (Å²) in [5.74, 6) is 2.52. The van der Waals surface area contributed by atoms with E-state index in [0.29, 0.717) is 6.42 Å². The number of hydrogen-bond acceptors (Lipinski definition) is 5. The van der Waals surface area contributed by atoms with Gasteiger partial charge in [-0.3, -0.25) is 10.1 Å². The Morgan fingerprint density at radius 3 is 3.00 bits per heavy atom. The quantitative estimate of drug-likeness (QED) is 0.376. The highest BCUT2D eigenvalue weighted by Gasteiger charge is 2.22. The Labute approximate surface area is 97.2 Å². The molecule has 0 spiro atoms. The van der Waals surface area contributed by atoms with Gasteiger partial charge in [0.2, 0.25) is 11.0 Å². The minimum Gasteiger partial charge on any atom is -0.361 e. The second kappa shape index (κ2) is 5.28. The van der Waals surface area contributed by atoms with E-state index in [1.165, 1.54) is 0 Å². The molecule has 0 aliphatic rings. The van der Waals surface area contributed by atoms with Crippen LogP contribution < -0.4 is 5.32 Å². The van der Waals surface area contributed by atoms with Gasteiger partial charge in [-0.15, -0.1) is 12.3 Å². The SMILES string of the molecule is C#CCC(C)Nc1ncnc(Cl)c1[N+](=O)[O-]. The lowest BCUT2D eigenvalue weighted by molar-refractivity contribution is -0.384. The number of anilines is 1. The fraction of sp³-hybridized carbons (Fsp3) is 0.333. The van der Waals surface area contributed by atoms with Crippen molar-refractivity contribution in [3.05, 3.63) is 21.6 Å². The lowest BCUT2D eigenvalue weighted by atomic mass is 10.2. The summed E-state index contributed by atoms with van der Waals surface area (Å²) >= 11 is 5.61. The van der Waals surface area contributed by atoms with Crippen LogP contribution in [0, 0.1) is 22.5 Å². The predicted molar refractivity (Wildman–Crippen MR) is 60.2 cm³/mol. The number of hydrogen-bond donors (Lipinski definition) is 1.